The molecule has 1 atom stereocenters. The minimum Gasteiger partial charge on any atom is -0.369 e. The number of aromatic nitrogens is 1. The van der Waals surface area contributed by atoms with Crippen LogP contribution >= 0.6 is 0 Å². The van der Waals surface area contributed by atoms with Gasteiger partial charge in [0.15, 0.2) is 0 Å². The van der Waals surface area contributed by atoms with Gasteiger partial charge in [0.2, 0.25) is 5.91 Å². The van der Waals surface area contributed by atoms with Gasteiger partial charge in [0.25, 0.3) is 5.91 Å². The molecule has 10 heteroatoms. The smallest absolute Gasteiger partial charge is 0.369 e. The zero-order valence-electron chi connectivity index (χ0n) is 15.2. The third-order valence-corrected chi connectivity index (χ3v) is 4.69. The molecule has 1 unspecified atom stereocenters. The van der Waals surface area contributed by atoms with Gasteiger partial charge < -0.3 is 16.0 Å². The van der Waals surface area contributed by atoms with E-state index in [0.717, 1.165) is 18.9 Å². The number of hydrogen-bond acceptors (Lipinski definition) is 4. The highest BCUT2D eigenvalue weighted by Crippen LogP contribution is 2.32. The van der Waals surface area contributed by atoms with E-state index in [9.17, 15) is 27.2 Å². The van der Waals surface area contributed by atoms with Gasteiger partial charge >= 0.3 is 6.18 Å². The second-order valence-electron chi connectivity index (χ2n) is 6.74. The van der Waals surface area contributed by atoms with E-state index in [1.165, 1.54) is 6.20 Å². The number of hydrogen-bond donors (Lipinski definition) is 2. The first kappa shape index (κ1) is 20.6. The standard InChI is InChI=1S/C19H18F4N4O2/c20-15-5-3-11(8-14(15)19(21,22)23)18(29)26-13-4-6-16(25-9-13)27-7-1-2-12(10-27)17(24)28/h3-6,8-9,12H,1-2,7,10H2,(H2,24,28)(H,26,29). The maximum Gasteiger partial charge on any atom is 0.419 e. The molecule has 3 rings (SSSR count). The number of carbonyl (C=O) groups excluding carboxylic acids is 2. The van der Waals surface area contributed by atoms with Crippen LogP contribution < -0.4 is 16.0 Å². The summed E-state index contributed by atoms with van der Waals surface area (Å²) in [6.07, 6.45) is -2.03. The van der Waals surface area contributed by atoms with E-state index in [4.69, 9.17) is 5.73 Å². The van der Waals surface area contributed by atoms with Crippen LogP contribution in [0, 0.1) is 11.7 Å². The van der Waals surface area contributed by atoms with Crippen molar-refractivity contribution >= 4 is 23.3 Å². The van der Waals surface area contributed by atoms with Crippen LogP contribution in [-0.2, 0) is 11.0 Å². The van der Waals surface area contributed by atoms with Crippen LogP contribution in [0.3, 0.4) is 0 Å². The molecule has 1 aliphatic rings. The molecule has 1 fully saturated rings. The summed E-state index contributed by atoms with van der Waals surface area (Å²) in [6.45, 7) is 1.15. The van der Waals surface area contributed by atoms with Crippen molar-refractivity contribution in [3.63, 3.8) is 0 Å². The first-order valence-electron chi connectivity index (χ1n) is 8.83. The van der Waals surface area contributed by atoms with E-state index >= 15 is 0 Å². The first-order chi connectivity index (χ1) is 13.6. The predicted octanol–water partition coefficient (Wildman–Crippen LogP) is 3.19. The van der Waals surface area contributed by atoms with Gasteiger partial charge in [0.1, 0.15) is 11.6 Å². The van der Waals surface area contributed by atoms with Crippen LogP contribution in [0.1, 0.15) is 28.8 Å². The van der Waals surface area contributed by atoms with Crippen molar-refractivity contribution in [1.29, 1.82) is 0 Å². The zero-order chi connectivity index (χ0) is 21.2. The highest BCUT2D eigenvalue weighted by molar-refractivity contribution is 6.04. The minimum absolute atomic E-state index is 0.258. The number of amides is 2. The Balaban J connectivity index is 1.70. The summed E-state index contributed by atoms with van der Waals surface area (Å²) in [6, 6.07) is 5.21. The molecular formula is C19H18F4N4O2. The van der Waals surface area contributed by atoms with Crippen molar-refractivity contribution in [1.82, 2.24) is 4.98 Å². The van der Waals surface area contributed by atoms with Crippen LogP contribution in [0.25, 0.3) is 0 Å². The molecule has 0 spiro atoms. The maximum absolute atomic E-state index is 13.4. The normalized spacial score (nSPS) is 17.1. The minimum atomic E-state index is -4.90. The molecule has 6 nitrogen and oxygen atoms in total. The Labute approximate surface area is 163 Å². The number of anilines is 2. The van der Waals surface area contributed by atoms with Crippen molar-refractivity contribution in [2.45, 2.75) is 19.0 Å². The fourth-order valence-electron chi connectivity index (χ4n) is 3.15. The Kier molecular flexibility index (Phi) is 5.71. The van der Waals surface area contributed by atoms with Crippen molar-refractivity contribution < 1.29 is 27.2 Å². The third-order valence-electron chi connectivity index (χ3n) is 4.69. The molecule has 1 aromatic carbocycles. The lowest BCUT2D eigenvalue weighted by molar-refractivity contribution is -0.140. The van der Waals surface area contributed by atoms with Crippen LogP contribution in [0.2, 0.25) is 0 Å². The second-order valence-corrected chi connectivity index (χ2v) is 6.74. The molecule has 0 aliphatic carbocycles. The lowest BCUT2D eigenvalue weighted by Gasteiger charge is -2.32. The average Bonchev–Trinajstić information content (AvgIpc) is 2.68. The number of rotatable bonds is 4. The van der Waals surface area contributed by atoms with Crippen LogP contribution in [-0.4, -0.2) is 29.9 Å². The van der Waals surface area contributed by atoms with Gasteiger partial charge in [-0.1, -0.05) is 0 Å². The van der Waals surface area contributed by atoms with Crippen molar-refractivity contribution in [2.24, 2.45) is 11.7 Å². The highest BCUT2D eigenvalue weighted by atomic mass is 19.4. The van der Waals surface area contributed by atoms with E-state index in [1.54, 1.807) is 12.1 Å². The van der Waals surface area contributed by atoms with Gasteiger partial charge in [0.05, 0.1) is 23.4 Å². The number of pyridine rings is 1. The third kappa shape index (κ3) is 4.82. The van der Waals surface area contributed by atoms with E-state index < -0.39 is 23.5 Å². The number of nitrogens with zero attached hydrogens (tertiary/aromatic N) is 2. The van der Waals surface area contributed by atoms with E-state index in [2.05, 4.69) is 10.3 Å². The van der Waals surface area contributed by atoms with Crippen molar-refractivity contribution in [2.75, 3.05) is 23.3 Å². The van der Waals surface area contributed by atoms with Gasteiger partial charge in [-0.3, -0.25) is 9.59 Å². The maximum atomic E-state index is 13.4. The van der Waals surface area contributed by atoms with E-state index in [0.29, 0.717) is 31.0 Å². The molecule has 3 N–H and O–H groups in total. The van der Waals surface area contributed by atoms with Gasteiger partial charge in [-0.15, -0.1) is 0 Å². The molecule has 0 saturated carbocycles. The van der Waals surface area contributed by atoms with Gasteiger partial charge in [-0.25, -0.2) is 9.37 Å². The summed E-state index contributed by atoms with van der Waals surface area (Å²) >= 11 is 0. The van der Waals surface area contributed by atoms with Crippen molar-refractivity contribution in [3.8, 4) is 0 Å². The lowest BCUT2D eigenvalue weighted by atomic mass is 9.97. The molecule has 2 aromatic rings. The Morgan fingerprint density at radius 3 is 2.59 bits per heavy atom. The molecule has 29 heavy (non-hydrogen) atoms. The number of carbonyl (C=O) groups is 2. The van der Waals surface area contributed by atoms with Gasteiger partial charge in [0, 0.05) is 18.7 Å². The first-order valence-corrected chi connectivity index (χ1v) is 8.83. The van der Waals surface area contributed by atoms with E-state index in [1.807, 2.05) is 4.90 Å². The summed E-state index contributed by atoms with van der Waals surface area (Å²) in [4.78, 5) is 29.7. The fourth-order valence-corrected chi connectivity index (χ4v) is 3.15. The molecule has 1 aliphatic heterocycles. The molecule has 1 aromatic heterocycles. The Morgan fingerprint density at radius 1 is 1.21 bits per heavy atom. The molecule has 154 valence electrons. The SMILES string of the molecule is NC(=O)C1CCCN(c2ccc(NC(=O)c3ccc(F)c(C(F)(F)F)c3)cn2)C1. The summed E-state index contributed by atoms with van der Waals surface area (Å²) in [5, 5.41) is 2.43. The number of alkyl halides is 3. The summed E-state index contributed by atoms with van der Waals surface area (Å²) < 4.78 is 51.8. The number of halogens is 4. The fraction of sp³-hybridized carbons (Fsp3) is 0.316. The Morgan fingerprint density at radius 2 is 1.97 bits per heavy atom. The molecule has 2 heterocycles. The number of piperidine rings is 1. The molecule has 2 amide bonds. The Hall–Kier alpha value is -3.17. The van der Waals surface area contributed by atoms with Crippen LogP contribution in [0.15, 0.2) is 36.5 Å². The van der Waals surface area contributed by atoms with Crippen LogP contribution in [0.5, 0.6) is 0 Å². The van der Waals surface area contributed by atoms with E-state index in [-0.39, 0.29) is 23.1 Å². The van der Waals surface area contributed by atoms with Gasteiger partial charge in [-0.2, -0.15) is 13.2 Å². The quantitative estimate of drug-likeness (QED) is 0.758. The number of nitrogens with two attached hydrogens (primary N) is 1. The predicted molar refractivity (Wildman–Crippen MR) is 97.7 cm³/mol. The number of primary amides is 1. The largest absolute Gasteiger partial charge is 0.419 e. The molecule has 0 bridgehead atoms. The monoisotopic (exact) mass is 410 g/mol. The number of benzene rings is 1. The average molecular weight is 410 g/mol. The molecular weight excluding hydrogens is 392 g/mol. The zero-order valence-corrected chi connectivity index (χ0v) is 15.2. The van der Waals surface area contributed by atoms with Crippen LogP contribution in [0.4, 0.5) is 29.1 Å². The highest BCUT2D eigenvalue weighted by Gasteiger charge is 2.34. The summed E-state index contributed by atoms with van der Waals surface area (Å²) in [5.74, 6) is -2.30. The second kappa shape index (κ2) is 8.06. The number of nitrogens with one attached hydrogen (secondary N) is 1. The molecule has 1 saturated heterocycles. The van der Waals surface area contributed by atoms with Crippen molar-refractivity contribution in [3.05, 3.63) is 53.5 Å². The topological polar surface area (TPSA) is 88.3 Å². The Bertz CT molecular complexity index is 915. The molecule has 0 radical (unpaired) electrons. The lowest BCUT2D eigenvalue weighted by Crippen LogP contribution is -2.41. The summed E-state index contributed by atoms with van der Waals surface area (Å²) in [7, 11) is 0. The summed E-state index contributed by atoms with van der Waals surface area (Å²) in [5.41, 5.74) is 3.79. The van der Waals surface area contributed by atoms with Gasteiger partial charge in [-0.05, 0) is 43.2 Å².